The van der Waals surface area contributed by atoms with Crippen molar-refractivity contribution in [3.63, 3.8) is 0 Å². The van der Waals surface area contributed by atoms with Crippen LogP contribution < -0.4 is 11.5 Å². The number of nitrogens with two attached hydrogens (primary N) is 2. The van der Waals surface area contributed by atoms with Crippen LogP contribution in [0.5, 0.6) is 0 Å². The molecule has 2 radical (unpaired) electrons. The van der Waals surface area contributed by atoms with E-state index < -0.39 is 0 Å². The van der Waals surface area contributed by atoms with Gasteiger partial charge < -0.3 is 16.4 Å². The first-order chi connectivity index (χ1) is 2.27. The van der Waals surface area contributed by atoms with Gasteiger partial charge in [-0.15, -0.1) is 0 Å². The monoisotopic (exact) mass is 159 g/mol. The third-order valence-electron chi connectivity index (χ3n) is 0.149. The normalized spacial score (nSPS) is 5.33. The number of rotatable bonds is 0. The first-order valence-corrected chi connectivity index (χ1v) is 1.06. The summed E-state index contributed by atoms with van der Waals surface area (Å²) in [5, 5.41) is 0. The molecule has 0 spiro atoms. The Bertz CT molecular complexity index is 48.8. The molecule has 3 nitrogen and oxygen atoms in total. The number of hydrogen-bond acceptors (Lipinski definition) is 1. The van der Waals surface area contributed by atoms with E-state index in [1.807, 2.05) is 0 Å². The smallest absolute Gasteiger partial charge is 0.264 e. The molecule has 0 aliphatic heterocycles. The second-order valence-corrected chi connectivity index (χ2v) is 0.554. The summed E-state index contributed by atoms with van der Waals surface area (Å²) in [5.74, 6) is -0.0926. The maximum atomic E-state index is 4.69. The van der Waals surface area contributed by atoms with Gasteiger partial charge in [-0.2, -0.15) is 0 Å². The Labute approximate surface area is 56.7 Å². The van der Waals surface area contributed by atoms with E-state index in [0.29, 0.717) is 0 Å². The molecule has 0 aliphatic carbocycles. The Balaban J connectivity index is 0. The summed E-state index contributed by atoms with van der Waals surface area (Å²) in [6.07, 6.45) is 0. The minimum Gasteiger partial charge on any atom is -0.371 e. The summed E-state index contributed by atoms with van der Waals surface area (Å²) >= 11 is 0. The van der Waals surface area contributed by atoms with Gasteiger partial charge in [0, 0.05) is 26.2 Å². The van der Waals surface area contributed by atoms with Crippen molar-refractivity contribution in [1.82, 2.24) is 0 Å². The molecule has 0 aromatic rings. The van der Waals surface area contributed by atoms with Gasteiger partial charge in [-0.3, -0.25) is 0 Å². The van der Waals surface area contributed by atoms with Gasteiger partial charge in [-0.25, -0.2) is 0 Å². The van der Waals surface area contributed by atoms with Crippen LogP contribution in [0, 0.1) is 0 Å². The van der Waals surface area contributed by atoms with Crippen molar-refractivity contribution in [2.24, 2.45) is 16.4 Å². The fourth-order valence-electron chi connectivity index (χ4n) is 0. The molecule has 0 bridgehead atoms. The average molecular weight is 160 g/mol. The molecule has 0 amide bonds. The van der Waals surface area contributed by atoms with E-state index in [1.165, 1.54) is 0 Å². The van der Waals surface area contributed by atoms with Gasteiger partial charge in [-0.05, 0) is 0 Å². The van der Waals surface area contributed by atoms with Crippen LogP contribution in [0.2, 0.25) is 0 Å². The van der Waals surface area contributed by atoms with Gasteiger partial charge in [-0.1, -0.05) is 0 Å². The van der Waals surface area contributed by atoms with E-state index in [1.54, 1.807) is 0 Å². The second-order valence-electron chi connectivity index (χ2n) is 0.554. The molecule has 5 heteroatoms. The van der Waals surface area contributed by atoms with Crippen LogP contribution in [-0.2, 0) is 26.2 Å². The van der Waals surface area contributed by atoms with Crippen molar-refractivity contribution in [2.45, 2.75) is 0 Å². The number of nitrogens with zero attached hydrogens (tertiary/aromatic N) is 1. The van der Waals surface area contributed by atoms with E-state index in [2.05, 4.69) is 12.9 Å². The van der Waals surface area contributed by atoms with Gasteiger partial charge >= 0.3 is 0 Å². The maximum absolute atomic E-state index is 4.69. The van der Waals surface area contributed by atoms with Crippen molar-refractivity contribution in [1.29, 1.82) is 0 Å². The van der Waals surface area contributed by atoms with Gasteiger partial charge in [0.25, 0.3) is 7.98 Å². The van der Waals surface area contributed by atoms with Crippen LogP contribution in [0.1, 0.15) is 0 Å². The molecular weight excluding hydrogens is 156 g/mol. The van der Waals surface area contributed by atoms with Crippen LogP contribution in [0.15, 0.2) is 4.90 Å². The molecule has 4 N–H and O–H groups in total. The fraction of sp³-hybridized carbons (Fsp3) is 0. The first-order valence-electron chi connectivity index (χ1n) is 1.06. The molecule has 0 heterocycles. The summed E-state index contributed by atoms with van der Waals surface area (Å²) < 4.78 is 0. The second kappa shape index (κ2) is 5.22. The average Bonchev–Trinajstić information content (AvgIpc) is 1.38. The van der Waals surface area contributed by atoms with Crippen molar-refractivity contribution in [3.05, 3.63) is 0 Å². The summed E-state index contributed by atoms with van der Waals surface area (Å²) in [5.41, 5.74) is 9.39. The molecule has 0 aliphatic rings. The number of hydrogen-bond donors (Lipinski definition) is 2. The van der Waals surface area contributed by atoms with Crippen molar-refractivity contribution >= 4 is 13.9 Å². The molecule has 0 unspecified atom stereocenters. The summed E-state index contributed by atoms with van der Waals surface area (Å²) in [6, 6.07) is 0. The Kier molecular flexibility index (Phi) is 8.28. The van der Waals surface area contributed by atoms with Crippen molar-refractivity contribution < 1.29 is 26.2 Å². The largest absolute Gasteiger partial charge is 0.371 e. The molecule has 30 valence electrons. The Hall–Kier alpha value is 0.218. The van der Waals surface area contributed by atoms with E-state index in [-0.39, 0.29) is 32.2 Å². The van der Waals surface area contributed by atoms with Crippen LogP contribution in [-0.4, -0.2) is 13.9 Å². The third kappa shape index (κ3) is 8.88. The van der Waals surface area contributed by atoms with Crippen molar-refractivity contribution in [3.8, 4) is 0 Å². The summed E-state index contributed by atoms with van der Waals surface area (Å²) in [4.78, 5) is 2.86. The van der Waals surface area contributed by atoms with Crippen LogP contribution in [0.3, 0.4) is 0 Å². The van der Waals surface area contributed by atoms with Gasteiger partial charge in [0.15, 0.2) is 5.96 Å². The molecule has 0 aromatic heterocycles. The minimum atomic E-state index is -0.0926. The van der Waals surface area contributed by atoms with E-state index >= 15 is 0 Å². The third-order valence-corrected chi connectivity index (χ3v) is 0.149. The zero-order chi connectivity index (χ0) is 4.28. The van der Waals surface area contributed by atoms with Gasteiger partial charge in [0.05, 0.1) is 0 Å². The van der Waals surface area contributed by atoms with E-state index in [0.717, 1.165) is 0 Å². The molecule has 0 atom stereocenters. The van der Waals surface area contributed by atoms with Crippen LogP contribution in [0.4, 0.5) is 0 Å². The van der Waals surface area contributed by atoms with Gasteiger partial charge in [0.1, 0.15) is 0 Å². The molecular formula is CH4BN3Zr. The number of guanidine groups is 1. The standard InChI is InChI=1S/CH4BN3.Zr/c2-5-1(3)4;/h(H4,3,4,5);. The molecule has 0 aromatic carbocycles. The zero-order valence-corrected chi connectivity index (χ0v) is 5.64. The summed E-state index contributed by atoms with van der Waals surface area (Å²) in [6.45, 7) is 0. The summed E-state index contributed by atoms with van der Waals surface area (Å²) in [7, 11) is 4.51. The van der Waals surface area contributed by atoms with Crippen LogP contribution >= 0.6 is 0 Å². The molecule has 0 fully saturated rings. The quantitative estimate of drug-likeness (QED) is 0.253. The predicted octanol–water partition coefficient (Wildman–Crippen LogP) is -1.66. The Morgan fingerprint density at radius 1 is 1.50 bits per heavy atom. The minimum absolute atomic E-state index is 0. The first kappa shape index (κ1) is 9.52. The molecule has 0 saturated carbocycles. The predicted molar refractivity (Wildman–Crippen MR) is 21.6 cm³/mol. The van der Waals surface area contributed by atoms with Gasteiger partial charge in [0.2, 0.25) is 0 Å². The zero-order valence-electron chi connectivity index (χ0n) is 3.18. The Morgan fingerprint density at radius 2 is 1.67 bits per heavy atom. The fourth-order valence-corrected chi connectivity index (χ4v) is 0. The molecule has 0 saturated heterocycles. The molecule has 6 heavy (non-hydrogen) atoms. The van der Waals surface area contributed by atoms with Crippen molar-refractivity contribution in [2.75, 3.05) is 0 Å². The topological polar surface area (TPSA) is 64.4 Å². The Morgan fingerprint density at radius 3 is 1.67 bits per heavy atom. The maximum Gasteiger partial charge on any atom is 0.264 e. The molecule has 0 rings (SSSR count). The van der Waals surface area contributed by atoms with E-state index in [4.69, 9.17) is 11.5 Å². The van der Waals surface area contributed by atoms with E-state index in [9.17, 15) is 0 Å². The SMILES string of the molecule is [B]N=C(N)N.[Zr]. The van der Waals surface area contributed by atoms with Crippen LogP contribution in [0.25, 0.3) is 0 Å².